The number of nitrogens with zero attached hydrogens (tertiary/aromatic N) is 3. The number of anilines is 1. The first kappa shape index (κ1) is 31.1. The van der Waals surface area contributed by atoms with Crippen LogP contribution in [0, 0.1) is 5.82 Å². The van der Waals surface area contributed by atoms with Crippen LogP contribution in [0.3, 0.4) is 0 Å². The molecule has 0 aliphatic rings. The van der Waals surface area contributed by atoms with Gasteiger partial charge >= 0.3 is 10.2 Å². The maximum absolute atomic E-state index is 14.9. The maximum Gasteiger partial charge on any atom is 0.304 e. The minimum atomic E-state index is -4.29. The van der Waals surface area contributed by atoms with Crippen LogP contribution in [0.25, 0.3) is 0 Å². The number of carbonyl (C=O) groups is 2. The molecule has 0 saturated heterocycles. The Morgan fingerprint density at radius 3 is 2.15 bits per heavy atom. The smallest absolute Gasteiger partial charge is 0.304 e. The Morgan fingerprint density at radius 1 is 0.925 bits per heavy atom. The van der Waals surface area contributed by atoms with Gasteiger partial charge in [-0.25, -0.2) is 8.70 Å². The monoisotopic (exact) mass is 588 g/mol. The third-order valence-corrected chi connectivity index (χ3v) is 8.12. The second kappa shape index (κ2) is 13.7. The zero-order chi connectivity index (χ0) is 29.4. The van der Waals surface area contributed by atoms with Crippen molar-refractivity contribution in [1.29, 1.82) is 0 Å². The van der Waals surface area contributed by atoms with Crippen LogP contribution in [-0.2, 0) is 32.8 Å². The third-order valence-electron chi connectivity index (χ3n) is 6.08. The van der Waals surface area contributed by atoms with E-state index in [0.29, 0.717) is 10.6 Å². The highest BCUT2D eigenvalue weighted by Gasteiger charge is 2.35. The lowest BCUT2D eigenvalue weighted by Crippen LogP contribution is -2.55. The molecule has 3 rings (SSSR count). The second-order valence-electron chi connectivity index (χ2n) is 9.77. The van der Waals surface area contributed by atoms with E-state index in [1.54, 1.807) is 24.3 Å². The topological polar surface area (TPSA) is 90.0 Å². The van der Waals surface area contributed by atoms with Gasteiger partial charge in [0.25, 0.3) is 0 Å². The first-order valence-corrected chi connectivity index (χ1v) is 14.5. The molecule has 0 spiro atoms. The lowest BCUT2D eigenvalue weighted by Gasteiger charge is -2.34. The minimum Gasteiger partial charge on any atom is -0.352 e. The number of hydrogen-bond donors (Lipinski definition) is 1. The van der Waals surface area contributed by atoms with Gasteiger partial charge in [0.1, 0.15) is 18.4 Å². The highest BCUT2D eigenvalue weighted by atomic mass is 35.5. The molecule has 0 aliphatic heterocycles. The molecule has 0 radical (unpaired) electrons. The van der Waals surface area contributed by atoms with Gasteiger partial charge in [-0.15, -0.1) is 0 Å². The molecule has 1 atom stereocenters. The van der Waals surface area contributed by atoms with E-state index in [1.165, 1.54) is 37.2 Å². The Morgan fingerprint density at radius 2 is 1.55 bits per heavy atom. The summed E-state index contributed by atoms with van der Waals surface area (Å²) in [7, 11) is -1.69. The van der Waals surface area contributed by atoms with Gasteiger partial charge in [-0.2, -0.15) is 12.7 Å². The van der Waals surface area contributed by atoms with Crippen molar-refractivity contribution in [3.05, 3.63) is 101 Å². The standard InChI is InChI=1S/C29H34ClFN4O4S/c1-21(2)32-29(37)27(18-22-11-6-5-7-12-22)34(19-23-13-10-14-24(30)17-23)28(36)20-35(40(38,39)33(3)4)26-16-9-8-15-25(26)31/h5-17,21,27H,18-20H2,1-4H3,(H,32,37)/t27-/m1/s1. The van der Waals surface area contributed by atoms with Crippen LogP contribution in [0.5, 0.6) is 0 Å². The number of halogens is 2. The first-order valence-electron chi connectivity index (χ1n) is 12.7. The van der Waals surface area contributed by atoms with Crippen LogP contribution in [-0.4, -0.2) is 62.2 Å². The molecule has 0 bridgehead atoms. The third kappa shape index (κ3) is 8.03. The number of rotatable bonds is 12. The molecule has 3 aromatic carbocycles. The number of para-hydroxylation sites is 1. The van der Waals surface area contributed by atoms with Gasteiger partial charge < -0.3 is 10.2 Å². The fourth-order valence-electron chi connectivity index (χ4n) is 4.12. The van der Waals surface area contributed by atoms with Crippen LogP contribution in [0.2, 0.25) is 5.02 Å². The minimum absolute atomic E-state index is 0.0322. The summed E-state index contributed by atoms with van der Waals surface area (Å²) in [6, 6.07) is 20.2. The first-order chi connectivity index (χ1) is 18.9. The molecule has 11 heteroatoms. The summed E-state index contributed by atoms with van der Waals surface area (Å²) < 4.78 is 43.1. The van der Waals surface area contributed by atoms with Crippen LogP contribution in [0.4, 0.5) is 10.1 Å². The van der Waals surface area contributed by atoms with Crippen molar-refractivity contribution in [3.8, 4) is 0 Å². The van der Waals surface area contributed by atoms with Gasteiger partial charge in [-0.3, -0.25) is 9.59 Å². The molecule has 0 fully saturated rings. The molecule has 0 aromatic heterocycles. The van der Waals surface area contributed by atoms with Gasteiger partial charge in [0.05, 0.1) is 5.69 Å². The highest BCUT2D eigenvalue weighted by molar-refractivity contribution is 7.90. The molecule has 0 saturated carbocycles. The van der Waals surface area contributed by atoms with Gasteiger partial charge in [-0.05, 0) is 49.2 Å². The Kier molecular flexibility index (Phi) is 10.7. The molecular weight excluding hydrogens is 555 g/mol. The largest absolute Gasteiger partial charge is 0.352 e. The molecule has 2 amide bonds. The van der Waals surface area contributed by atoms with E-state index >= 15 is 0 Å². The summed E-state index contributed by atoms with van der Waals surface area (Å²) >= 11 is 6.21. The van der Waals surface area contributed by atoms with E-state index in [-0.39, 0.29) is 24.7 Å². The Labute approximate surface area is 240 Å². The summed E-state index contributed by atoms with van der Waals surface area (Å²) in [5.74, 6) is -1.89. The second-order valence-corrected chi connectivity index (χ2v) is 12.3. The maximum atomic E-state index is 14.9. The lowest BCUT2D eigenvalue weighted by atomic mass is 10.0. The molecule has 0 heterocycles. The predicted molar refractivity (Wildman–Crippen MR) is 156 cm³/mol. The molecule has 3 aromatic rings. The Balaban J connectivity index is 2.11. The van der Waals surface area contributed by atoms with E-state index in [0.717, 1.165) is 20.2 Å². The number of carbonyl (C=O) groups excluding carboxylic acids is 2. The van der Waals surface area contributed by atoms with E-state index in [1.807, 2.05) is 44.2 Å². The molecule has 0 unspecified atom stereocenters. The van der Waals surface area contributed by atoms with Crippen molar-refractivity contribution < 1.29 is 22.4 Å². The number of nitrogens with one attached hydrogen (secondary N) is 1. The van der Waals surface area contributed by atoms with E-state index < -0.39 is 40.4 Å². The van der Waals surface area contributed by atoms with E-state index in [2.05, 4.69) is 5.32 Å². The van der Waals surface area contributed by atoms with Crippen molar-refractivity contribution >= 4 is 39.3 Å². The summed E-state index contributed by atoms with van der Waals surface area (Å²) in [6.45, 7) is 2.85. The van der Waals surface area contributed by atoms with Crippen LogP contribution >= 0.6 is 11.6 Å². The molecular formula is C29H34ClFN4O4S. The Hall–Kier alpha value is -3.47. The summed E-state index contributed by atoms with van der Waals surface area (Å²) in [5, 5.41) is 3.32. The lowest BCUT2D eigenvalue weighted by molar-refractivity contribution is -0.140. The molecule has 1 N–H and O–H groups in total. The summed E-state index contributed by atoms with van der Waals surface area (Å²) in [4.78, 5) is 29.0. The van der Waals surface area contributed by atoms with Gasteiger partial charge in [-0.1, -0.05) is 66.2 Å². The molecule has 214 valence electrons. The summed E-state index contributed by atoms with van der Waals surface area (Å²) in [6.07, 6.45) is 0.172. The fraction of sp³-hybridized carbons (Fsp3) is 0.310. The zero-order valence-corrected chi connectivity index (χ0v) is 24.5. The zero-order valence-electron chi connectivity index (χ0n) is 22.9. The van der Waals surface area contributed by atoms with Crippen molar-refractivity contribution in [2.24, 2.45) is 0 Å². The van der Waals surface area contributed by atoms with Crippen molar-refractivity contribution in [2.75, 3.05) is 24.9 Å². The van der Waals surface area contributed by atoms with Gasteiger partial charge in [0, 0.05) is 38.1 Å². The van der Waals surface area contributed by atoms with E-state index in [9.17, 15) is 22.4 Å². The van der Waals surface area contributed by atoms with Gasteiger partial charge in [0.15, 0.2) is 0 Å². The highest BCUT2D eigenvalue weighted by Crippen LogP contribution is 2.24. The number of hydrogen-bond acceptors (Lipinski definition) is 4. The summed E-state index contributed by atoms with van der Waals surface area (Å²) in [5.41, 5.74) is 1.17. The Bertz CT molecular complexity index is 1420. The van der Waals surface area contributed by atoms with Crippen LogP contribution < -0.4 is 9.62 Å². The van der Waals surface area contributed by atoms with Crippen LogP contribution in [0.1, 0.15) is 25.0 Å². The van der Waals surface area contributed by atoms with E-state index in [4.69, 9.17) is 11.6 Å². The molecule has 0 aliphatic carbocycles. The molecule has 40 heavy (non-hydrogen) atoms. The van der Waals surface area contributed by atoms with Crippen LogP contribution in [0.15, 0.2) is 78.9 Å². The fourth-order valence-corrected chi connectivity index (χ4v) is 5.40. The number of amides is 2. The average Bonchev–Trinajstić information content (AvgIpc) is 2.89. The van der Waals surface area contributed by atoms with Crippen molar-refractivity contribution in [3.63, 3.8) is 0 Å². The molecule has 8 nitrogen and oxygen atoms in total. The van der Waals surface area contributed by atoms with Crippen molar-refractivity contribution in [1.82, 2.24) is 14.5 Å². The SMILES string of the molecule is CC(C)NC(=O)[C@@H](Cc1ccccc1)N(Cc1cccc(Cl)c1)C(=O)CN(c1ccccc1F)S(=O)(=O)N(C)C. The predicted octanol–water partition coefficient (Wildman–Crippen LogP) is 4.26. The number of benzene rings is 3. The quantitative estimate of drug-likeness (QED) is 0.342. The normalized spacial score (nSPS) is 12.3. The average molecular weight is 589 g/mol. The van der Waals surface area contributed by atoms with Crippen molar-refractivity contribution in [2.45, 2.75) is 38.9 Å². The van der Waals surface area contributed by atoms with Gasteiger partial charge in [0.2, 0.25) is 11.8 Å².